The average Bonchev–Trinajstić information content (AvgIpc) is 2.41. The summed E-state index contributed by atoms with van der Waals surface area (Å²) >= 11 is 0. The second-order valence-corrected chi connectivity index (χ2v) is 3.46. The number of halogens is 3. The highest BCUT2D eigenvalue weighted by molar-refractivity contribution is 5.53. The third kappa shape index (κ3) is 3.74. The Hall–Kier alpha value is -1.98. The van der Waals surface area contributed by atoms with Crippen LogP contribution in [0.5, 0.6) is 0 Å². The molecule has 102 valence electrons. The normalized spacial score (nSPS) is 10.6. The SMILES string of the molecule is CC.Cc1cnc(-c2ccncc2)nc1C(F)(F)F. The quantitative estimate of drug-likeness (QED) is 0.788. The van der Waals surface area contributed by atoms with Crippen LogP contribution < -0.4 is 0 Å². The molecule has 0 saturated heterocycles. The van der Waals surface area contributed by atoms with Crippen LogP contribution in [0.25, 0.3) is 11.4 Å². The molecule has 0 N–H and O–H groups in total. The zero-order valence-corrected chi connectivity index (χ0v) is 10.9. The van der Waals surface area contributed by atoms with E-state index in [-0.39, 0.29) is 11.4 Å². The second kappa shape index (κ2) is 6.26. The van der Waals surface area contributed by atoms with Crippen molar-refractivity contribution >= 4 is 0 Å². The molecule has 19 heavy (non-hydrogen) atoms. The number of pyridine rings is 1. The molecule has 2 aromatic heterocycles. The lowest BCUT2D eigenvalue weighted by molar-refractivity contribution is -0.141. The van der Waals surface area contributed by atoms with E-state index in [1.165, 1.54) is 25.5 Å². The summed E-state index contributed by atoms with van der Waals surface area (Å²) in [5.41, 5.74) is -0.389. The summed E-state index contributed by atoms with van der Waals surface area (Å²) in [5.74, 6) is 0.0466. The number of aryl methyl sites for hydroxylation is 1. The lowest BCUT2D eigenvalue weighted by atomic mass is 10.2. The lowest BCUT2D eigenvalue weighted by Gasteiger charge is -2.09. The van der Waals surface area contributed by atoms with Crippen LogP contribution in [0.2, 0.25) is 0 Å². The smallest absolute Gasteiger partial charge is 0.265 e. The monoisotopic (exact) mass is 269 g/mol. The van der Waals surface area contributed by atoms with Crippen LogP contribution in [0.4, 0.5) is 13.2 Å². The van der Waals surface area contributed by atoms with Crippen molar-refractivity contribution in [3.8, 4) is 11.4 Å². The molecule has 2 heterocycles. The maximum Gasteiger partial charge on any atom is 0.433 e. The van der Waals surface area contributed by atoms with E-state index in [1.54, 1.807) is 12.1 Å². The molecular weight excluding hydrogens is 255 g/mol. The van der Waals surface area contributed by atoms with E-state index in [4.69, 9.17) is 0 Å². The predicted molar refractivity (Wildman–Crippen MR) is 66.4 cm³/mol. The van der Waals surface area contributed by atoms with Gasteiger partial charge < -0.3 is 0 Å². The van der Waals surface area contributed by atoms with Crippen LogP contribution in [-0.4, -0.2) is 15.0 Å². The van der Waals surface area contributed by atoms with Crippen LogP contribution in [-0.2, 0) is 6.18 Å². The Bertz CT molecular complexity index is 524. The highest BCUT2D eigenvalue weighted by Gasteiger charge is 2.34. The largest absolute Gasteiger partial charge is 0.433 e. The van der Waals surface area contributed by atoms with Gasteiger partial charge in [-0.3, -0.25) is 4.98 Å². The van der Waals surface area contributed by atoms with Crippen molar-refractivity contribution in [2.45, 2.75) is 26.9 Å². The summed E-state index contributed by atoms with van der Waals surface area (Å²) in [5, 5.41) is 0. The van der Waals surface area contributed by atoms with Gasteiger partial charge in [0.25, 0.3) is 0 Å². The van der Waals surface area contributed by atoms with E-state index in [1.807, 2.05) is 13.8 Å². The predicted octanol–water partition coefficient (Wildman–Crippen LogP) is 3.89. The Labute approximate surface area is 109 Å². The van der Waals surface area contributed by atoms with E-state index in [9.17, 15) is 13.2 Å². The molecule has 0 fully saturated rings. The van der Waals surface area contributed by atoms with E-state index in [2.05, 4.69) is 15.0 Å². The third-order valence-corrected chi connectivity index (χ3v) is 2.18. The summed E-state index contributed by atoms with van der Waals surface area (Å²) in [6.45, 7) is 5.33. The van der Waals surface area contributed by atoms with E-state index in [0.29, 0.717) is 5.56 Å². The number of alkyl halides is 3. The molecular formula is C13H14F3N3. The Morgan fingerprint density at radius 1 is 1.05 bits per heavy atom. The third-order valence-electron chi connectivity index (χ3n) is 2.18. The van der Waals surface area contributed by atoms with Crippen molar-refractivity contribution in [1.82, 2.24) is 15.0 Å². The van der Waals surface area contributed by atoms with Gasteiger partial charge in [0.05, 0.1) is 0 Å². The van der Waals surface area contributed by atoms with Gasteiger partial charge in [-0.15, -0.1) is 0 Å². The first-order valence-corrected chi connectivity index (χ1v) is 5.80. The Morgan fingerprint density at radius 3 is 2.16 bits per heavy atom. The maximum absolute atomic E-state index is 12.6. The summed E-state index contributed by atoms with van der Waals surface area (Å²) in [6.07, 6.45) is -0.335. The molecule has 0 aromatic carbocycles. The van der Waals surface area contributed by atoms with Crippen LogP contribution >= 0.6 is 0 Å². The average molecular weight is 269 g/mol. The molecule has 2 aromatic rings. The van der Waals surface area contributed by atoms with Gasteiger partial charge in [-0.2, -0.15) is 13.2 Å². The molecule has 3 nitrogen and oxygen atoms in total. The van der Waals surface area contributed by atoms with Gasteiger partial charge in [-0.25, -0.2) is 9.97 Å². The molecule has 0 saturated carbocycles. The van der Waals surface area contributed by atoms with Gasteiger partial charge in [0.2, 0.25) is 0 Å². The minimum absolute atomic E-state index is 0.00954. The number of nitrogens with zero attached hydrogens (tertiary/aromatic N) is 3. The molecule has 0 aliphatic rings. The van der Waals surface area contributed by atoms with E-state index >= 15 is 0 Å². The van der Waals surface area contributed by atoms with Crippen LogP contribution in [0.15, 0.2) is 30.7 Å². The number of aromatic nitrogens is 3. The summed E-state index contributed by atoms with van der Waals surface area (Å²) in [6, 6.07) is 3.12. The molecule has 2 rings (SSSR count). The first-order valence-electron chi connectivity index (χ1n) is 5.80. The van der Waals surface area contributed by atoms with Gasteiger partial charge in [-0.05, 0) is 24.6 Å². The van der Waals surface area contributed by atoms with Gasteiger partial charge >= 0.3 is 6.18 Å². The molecule has 0 bridgehead atoms. The minimum Gasteiger partial charge on any atom is -0.265 e. The summed E-state index contributed by atoms with van der Waals surface area (Å²) in [4.78, 5) is 11.2. The maximum atomic E-state index is 12.6. The first-order chi connectivity index (χ1) is 8.98. The van der Waals surface area contributed by atoms with Crippen molar-refractivity contribution in [2.24, 2.45) is 0 Å². The van der Waals surface area contributed by atoms with Crippen molar-refractivity contribution in [1.29, 1.82) is 0 Å². The molecule has 0 aliphatic carbocycles. The molecule has 0 spiro atoms. The van der Waals surface area contributed by atoms with E-state index in [0.717, 1.165) is 0 Å². The number of rotatable bonds is 1. The van der Waals surface area contributed by atoms with Crippen LogP contribution in [0.3, 0.4) is 0 Å². The van der Waals surface area contributed by atoms with Crippen LogP contribution in [0, 0.1) is 6.92 Å². The molecule has 0 amide bonds. The first kappa shape index (κ1) is 15.1. The van der Waals surface area contributed by atoms with Crippen molar-refractivity contribution < 1.29 is 13.2 Å². The number of hydrogen-bond donors (Lipinski definition) is 0. The van der Waals surface area contributed by atoms with Crippen molar-refractivity contribution in [3.63, 3.8) is 0 Å². The fourth-order valence-corrected chi connectivity index (χ4v) is 1.37. The van der Waals surface area contributed by atoms with Crippen molar-refractivity contribution in [3.05, 3.63) is 42.0 Å². The lowest BCUT2D eigenvalue weighted by Crippen LogP contribution is -2.11. The Morgan fingerprint density at radius 2 is 1.63 bits per heavy atom. The summed E-state index contributed by atoms with van der Waals surface area (Å²) in [7, 11) is 0. The molecule has 0 atom stereocenters. The highest BCUT2D eigenvalue weighted by atomic mass is 19.4. The summed E-state index contributed by atoms with van der Waals surface area (Å²) < 4.78 is 37.9. The topological polar surface area (TPSA) is 38.7 Å². The fraction of sp³-hybridized carbons (Fsp3) is 0.308. The van der Waals surface area contributed by atoms with Gasteiger partial charge in [-0.1, -0.05) is 13.8 Å². The zero-order chi connectivity index (χ0) is 14.5. The fourth-order valence-electron chi connectivity index (χ4n) is 1.37. The Kier molecular flexibility index (Phi) is 4.97. The second-order valence-electron chi connectivity index (χ2n) is 3.46. The number of hydrogen-bond acceptors (Lipinski definition) is 3. The van der Waals surface area contributed by atoms with E-state index < -0.39 is 11.9 Å². The van der Waals surface area contributed by atoms with Crippen molar-refractivity contribution in [2.75, 3.05) is 0 Å². The molecule has 0 unspecified atom stereocenters. The minimum atomic E-state index is -4.46. The van der Waals surface area contributed by atoms with Crippen LogP contribution in [0.1, 0.15) is 25.1 Å². The zero-order valence-electron chi connectivity index (χ0n) is 10.9. The van der Waals surface area contributed by atoms with Gasteiger partial charge in [0, 0.05) is 24.2 Å². The molecule has 6 heteroatoms. The molecule has 0 radical (unpaired) electrons. The van der Waals surface area contributed by atoms with Gasteiger partial charge in [0.15, 0.2) is 11.5 Å². The molecule has 0 aliphatic heterocycles. The standard InChI is InChI=1S/C11H8F3N3.C2H6/c1-7-6-16-10(8-2-4-15-5-3-8)17-9(7)11(12,13)14;1-2/h2-6H,1H3;1-2H3. The van der Waals surface area contributed by atoms with Gasteiger partial charge in [0.1, 0.15) is 0 Å². The highest BCUT2D eigenvalue weighted by Crippen LogP contribution is 2.30. The Balaban J connectivity index is 0.000000861.